The van der Waals surface area contributed by atoms with Crippen molar-refractivity contribution < 1.29 is 18.0 Å². The number of carbonyl (C=O) groups is 1. The topological polar surface area (TPSA) is 54.9 Å². The first-order chi connectivity index (χ1) is 11.9. The molecule has 130 valence electrons. The van der Waals surface area contributed by atoms with Gasteiger partial charge in [-0.25, -0.2) is 9.97 Å². The molecule has 2 aliphatic rings. The molecule has 4 nitrogen and oxygen atoms in total. The van der Waals surface area contributed by atoms with E-state index in [1.165, 1.54) is 6.07 Å². The number of benzene rings is 1. The number of hydrogen-bond acceptors (Lipinski definition) is 3. The first kappa shape index (κ1) is 16.1. The van der Waals surface area contributed by atoms with E-state index in [-0.39, 0.29) is 17.9 Å². The monoisotopic (exact) mass is 347 g/mol. The molecule has 2 unspecified atom stereocenters. The molecule has 1 aromatic heterocycles. The zero-order valence-corrected chi connectivity index (χ0v) is 13.3. The van der Waals surface area contributed by atoms with Gasteiger partial charge in [0.1, 0.15) is 11.5 Å². The first-order valence-electron chi connectivity index (χ1n) is 8.23. The second-order valence-corrected chi connectivity index (χ2v) is 6.62. The fraction of sp³-hybridized carbons (Fsp3) is 0.389. The summed E-state index contributed by atoms with van der Waals surface area (Å²) in [6.07, 6.45) is -0.0547. The molecule has 0 radical (unpaired) electrons. The van der Waals surface area contributed by atoms with E-state index in [1.807, 2.05) is 0 Å². The number of rotatable bonds is 4. The molecule has 25 heavy (non-hydrogen) atoms. The third kappa shape index (κ3) is 3.50. The third-order valence-corrected chi connectivity index (χ3v) is 4.60. The number of amides is 1. The summed E-state index contributed by atoms with van der Waals surface area (Å²) >= 11 is 0. The summed E-state index contributed by atoms with van der Waals surface area (Å²) in [5, 5.41) is 2.85. The molecule has 2 aromatic rings. The molecule has 1 amide bonds. The van der Waals surface area contributed by atoms with E-state index in [2.05, 4.69) is 15.3 Å². The molecule has 1 heterocycles. The summed E-state index contributed by atoms with van der Waals surface area (Å²) in [6, 6.07) is 6.69. The smallest absolute Gasteiger partial charge is 0.347 e. The lowest BCUT2D eigenvalue weighted by atomic mass is 10.1. The molecule has 4 rings (SSSR count). The van der Waals surface area contributed by atoms with Crippen molar-refractivity contribution in [1.82, 2.24) is 15.3 Å². The van der Waals surface area contributed by atoms with Crippen molar-refractivity contribution in [3.63, 3.8) is 0 Å². The molecular weight excluding hydrogens is 331 g/mol. The lowest BCUT2D eigenvalue weighted by Gasteiger charge is -2.09. The molecule has 1 aromatic carbocycles. The maximum atomic E-state index is 12.8. The van der Waals surface area contributed by atoms with E-state index in [1.54, 1.807) is 18.3 Å². The van der Waals surface area contributed by atoms with Crippen LogP contribution in [0.1, 0.15) is 58.5 Å². The van der Waals surface area contributed by atoms with Gasteiger partial charge in [-0.3, -0.25) is 4.79 Å². The van der Waals surface area contributed by atoms with Gasteiger partial charge in [0.05, 0.1) is 5.56 Å². The zero-order valence-electron chi connectivity index (χ0n) is 13.3. The Balaban J connectivity index is 1.42. The lowest BCUT2D eigenvalue weighted by molar-refractivity contribution is -0.137. The SMILES string of the molecule is O=C(NC1CC1c1cccc(C(F)(F)F)c1)c1ccnc(C2CC2)n1. The van der Waals surface area contributed by atoms with Crippen LogP contribution in [0.25, 0.3) is 0 Å². The zero-order chi connectivity index (χ0) is 17.6. The van der Waals surface area contributed by atoms with Gasteiger partial charge in [0.25, 0.3) is 5.91 Å². The molecule has 2 aliphatic carbocycles. The number of nitrogens with one attached hydrogen (secondary N) is 1. The van der Waals surface area contributed by atoms with E-state index >= 15 is 0 Å². The molecule has 2 atom stereocenters. The Labute approximate surface area is 142 Å². The molecule has 2 fully saturated rings. The minimum atomic E-state index is -4.36. The van der Waals surface area contributed by atoms with E-state index < -0.39 is 11.7 Å². The van der Waals surface area contributed by atoms with Gasteiger partial charge >= 0.3 is 6.18 Å². The number of halogens is 3. The molecule has 0 bridgehead atoms. The summed E-state index contributed by atoms with van der Waals surface area (Å²) in [4.78, 5) is 20.8. The van der Waals surface area contributed by atoms with Crippen LogP contribution in [-0.4, -0.2) is 21.9 Å². The quantitative estimate of drug-likeness (QED) is 0.918. The fourth-order valence-electron chi connectivity index (χ4n) is 2.95. The van der Waals surface area contributed by atoms with Crippen molar-refractivity contribution in [3.05, 3.63) is 59.2 Å². The Hall–Kier alpha value is -2.44. The van der Waals surface area contributed by atoms with Gasteiger partial charge in [0.2, 0.25) is 0 Å². The molecule has 2 saturated carbocycles. The molecule has 0 aliphatic heterocycles. The summed E-state index contributed by atoms with van der Waals surface area (Å²) < 4.78 is 38.4. The number of hydrogen-bond donors (Lipinski definition) is 1. The second kappa shape index (κ2) is 5.82. The highest BCUT2D eigenvalue weighted by Gasteiger charge is 2.41. The predicted molar refractivity (Wildman–Crippen MR) is 84.1 cm³/mol. The van der Waals surface area contributed by atoms with Gasteiger partial charge in [-0.05, 0) is 37.0 Å². The number of alkyl halides is 3. The number of aromatic nitrogens is 2. The van der Waals surface area contributed by atoms with Crippen molar-refractivity contribution in [2.45, 2.75) is 43.3 Å². The maximum Gasteiger partial charge on any atom is 0.416 e. The first-order valence-corrected chi connectivity index (χ1v) is 8.23. The Morgan fingerprint density at radius 1 is 1.20 bits per heavy atom. The van der Waals surface area contributed by atoms with Crippen LogP contribution in [0.5, 0.6) is 0 Å². The average molecular weight is 347 g/mol. The number of nitrogens with zero attached hydrogens (tertiary/aromatic N) is 2. The van der Waals surface area contributed by atoms with Gasteiger partial charge in [-0.15, -0.1) is 0 Å². The molecule has 1 N–H and O–H groups in total. The van der Waals surface area contributed by atoms with Crippen LogP contribution in [-0.2, 0) is 6.18 Å². The van der Waals surface area contributed by atoms with Crippen LogP contribution in [0.3, 0.4) is 0 Å². The van der Waals surface area contributed by atoms with E-state index in [0.717, 1.165) is 25.0 Å². The lowest BCUT2D eigenvalue weighted by Crippen LogP contribution is -2.27. The van der Waals surface area contributed by atoms with Crippen molar-refractivity contribution >= 4 is 5.91 Å². The maximum absolute atomic E-state index is 12.8. The van der Waals surface area contributed by atoms with Crippen LogP contribution in [0.2, 0.25) is 0 Å². The Kier molecular flexibility index (Phi) is 3.74. The second-order valence-electron chi connectivity index (χ2n) is 6.62. The van der Waals surface area contributed by atoms with E-state index in [4.69, 9.17) is 0 Å². The van der Waals surface area contributed by atoms with Crippen LogP contribution in [0, 0.1) is 0 Å². The van der Waals surface area contributed by atoms with Crippen molar-refractivity contribution in [3.8, 4) is 0 Å². The van der Waals surface area contributed by atoms with Gasteiger partial charge in [0, 0.05) is 24.1 Å². The minimum Gasteiger partial charge on any atom is -0.347 e. The molecule has 7 heteroatoms. The van der Waals surface area contributed by atoms with Gasteiger partial charge in [-0.1, -0.05) is 18.2 Å². The highest BCUT2D eigenvalue weighted by atomic mass is 19.4. The summed E-state index contributed by atoms with van der Waals surface area (Å²) in [6.45, 7) is 0. The largest absolute Gasteiger partial charge is 0.416 e. The van der Waals surface area contributed by atoms with Crippen LogP contribution in [0.4, 0.5) is 13.2 Å². The predicted octanol–water partition coefficient (Wildman–Crippen LogP) is 3.66. The Morgan fingerprint density at radius 3 is 2.72 bits per heavy atom. The average Bonchev–Trinajstić information content (AvgIpc) is 3.49. The standard InChI is InChI=1S/C18H16F3N3O/c19-18(20,21)12-3-1-2-11(8-12)13-9-15(13)24-17(25)14-6-7-22-16(23-14)10-4-5-10/h1-3,6-8,10,13,15H,4-5,9H2,(H,24,25). The summed E-state index contributed by atoms with van der Waals surface area (Å²) in [7, 11) is 0. The normalized spacial score (nSPS) is 22.5. The van der Waals surface area contributed by atoms with Crippen molar-refractivity contribution in [2.24, 2.45) is 0 Å². The Bertz CT molecular complexity index is 817. The van der Waals surface area contributed by atoms with E-state index in [9.17, 15) is 18.0 Å². The highest BCUT2D eigenvalue weighted by Crippen LogP contribution is 2.42. The van der Waals surface area contributed by atoms with Crippen molar-refractivity contribution in [1.29, 1.82) is 0 Å². The summed E-state index contributed by atoms with van der Waals surface area (Å²) in [5.41, 5.74) is 0.250. The van der Waals surface area contributed by atoms with Gasteiger partial charge in [-0.2, -0.15) is 13.2 Å². The van der Waals surface area contributed by atoms with Crippen molar-refractivity contribution in [2.75, 3.05) is 0 Å². The highest BCUT2D eigenvalue weighted by molar-refractivity contribution is 5.92. The molecule has 0 saturated heterocycles. The fourth-order valence-corrected chi connectivity index (χ4v) is 2.95. The molecular formula is C18H16F3N3O. The number of carbonyl (C=O) groups excluding carboxylic acids is 1. The van der Waals surface area contributed by atoms with Crippen LogP contribution >= 0.6 is 0 Å². The van der Waals surface area contributed by atoms with Crippen LogP contribution < -0.4 is 5.32 Å². The summed E-state index contributed by atoms with van der Waals surface area (Å²) in [5.74, 6) is 0.657. The Morgan fingerprint density at radius 2 is 2.00 bits per heavy atom. The molecule has 0 spiro atoms. The van der Waals surface area contributed by atoms with E-state index in [0.29, 0.717) is 29.4 Å². The minimum absolute atomic E-state index is 0.0870. The van der Waals surface area contributed by atoms with Gasteiger partial charge < -0.3 is 5.32 Å². The van der Waals surface area contributed by atoms with Crippen LogP contribution in [0.15, 0.2) is 36.5 Å². The van der Waals surface area contributed by atoms with Gasteiger partial charge in [0.15, 0.2) is 0 Å². The third-order valence-electron chi connectivity index (χ3n) is 4.60.